The first kappa shape index (κ1) is 23.0. The zero-order valence-corrected chi connectivity index (χ0v) is 18.7. The number of hydrogen-bond donors (Lipinski definition) is 0. The minimum Gasteiger partial charge on any atom is -0.492 e. The number of aromatic nitrogens is 1. The van der Waals surface area contributed by atoms with Crippen molar-refractivity contribution in [3.63, 3.8) is 0 Å². The molecule has 7 nitrogen and oxygen atoms in total. The van der Waals surface area contributed by atoms with E-state index >= 15 is 0 Å². The first-order valence-corrected chi connectivity index (χ1v) is 12.1. The molecule has 1 aliphatic heterocycles. The van der Waals surface area contributed by atoms with Gasteiger partial charge in [0.25, 0.3) is 0 Å². The molecule has 0 saturated carbocycles. The SMILES string of the molecule is CC(C)OC(=O)N1CCC(COc2ccc(-c3ccc(S(C)(=O)=O)cc3F)nc2)CC1. The minimum atomic E-state index is -3.47. The number of nitrogens with zero attached hydrogens (tertiary/aromatic N) is 2. The van der Waals surface area contributed by atoms with Gasteiger partial charge >= 0.3 is 6.09 Å². The van der Waals surface area contributed by atoms with Crippen LogP contribution in [-0.4, -0.2) is 56.5 Å². The van der Waals surface area contributed by atoms with Gasteiger partial charge in [-0.3, -0.25) is 4.98 Å². The monoisotopic (exact) mass is 450 g/mol. The van der Waals surface area contributed by atoms with Crippen molar-refractivity contribution in [2.45, 2.75) is 37.7 Å². The second kappa shape index (κ2) is 9.64. The van der Waals surface area contributed by atoms with Crippen molar-refractivity contribution in [1.29, 1.82) is 0 Å². The van der Waals surface area contributed by atoms with Crippen LogP contribution < -0.4 is 4.74 Å². The fourth-order valence-electron chi connectivity index (χ4n) is 3.33. The Kier molecular flexibility index (Phi) is 7.15. The molecule has 0 N–H and O–H groups in total. The summed E-state index contributed by atoms with van der Waals surface area (Å²) in [6.45, 7) is 5.44. The smallest absolute Gasteiger partial charge is 0.410 e. The molecule has 1 fully saturated rings. The molecular formula is C22H27FN2O5S. The normalized spacial score (nSPS) is 15.2. The number of rotatable bonds is 6. The van der Waals surface area contributed by atoms with E-state index in [0.29, 0.717) is 37.1 Å². The van der Waals surface area contributed by atoms with E-state index in [0.717, 1.165) is 25.2 Å². The number of halogens is 1. The molecule has 1 amide bonds. The number of sulfone groups is 1. The van der Waals surface area contributed by atoms with Crippen LogP contribution in [0.1, 0.15) is 26.7 Å². The number of carbonyl (C=O) groups is 1. The number of hydrogen-bond acceptors (Lipinski definition) is 6. The van der Waals surface area contributed by atoms with Crippen LogP contribution >= 0.6 is 0 Å². The summed E-state index contributed by atoms with van der Waals surface area (Å²) in [5.74, 6) is 0.245. The molecule has 0 spiro atoms. The van der Waals surface area contributed by atoms with E-state index in [1.807, 2.05) is 13.8 Å². The molecule has 0 atom stereocenters. The highest BCUT2D eigenvalue weighted by Crippen LogP contribution is 2.26. The molecule has 168 valence electrons. The number of carbonyl (C=O) groups excluding carboxylic acids is 1. The second-order valence-corrected chi connectivity index (χ2v) is 9.98. The quantitative estimate of drug-likeness (QED) is 0.663. The highest BCUT2D eigenvalue weighted by Gasteiger charge is 2.24. The van der Waals surface area contributed by atoms with Crippen LogP contribution in [0.4, 0.5) is 9.18 Å². The van der Waals surface area contributed by atoms with E-state index in [2.05, 4.69) is 4.98 Å². The van der Waals surface area contributed by atoms with Crippen LogP contribution in [0.15, 0.2) is 41.4 Å². The number of likely N-dealkylation sites (tertiary alicyclic amines) is 1. The Balaban J connectivity index is 1.53. The van der Waals surface area contributed by atoms with E-state index in [1.54, 1.807) is 17.0 Å². The van der Waals surface area contributed by atoms with E-state index in [1.165, 1.54) is 18.3 Å². The summed E-state index contributed by atoms with van der Waals surface area (Å²) >= 11 is 0. The minimum absolute atomic E-state index is 0.0720. The lowest BCUT2D eigenvalue weighted by Gasteiger charge is -2.31. The van der Waals surface area contributed by atoms with Gasteiger partial charge in [-0.15, -0.1) is 0 Å². The predicted molar refractivity (Wildman–Crippen MR) is 114 cm³/mol. The maximum absolute atomic E-state index is 14.3. The molecule has 0 radical (unpaired) electrons. The third-order valence-corrected chi connectivity index (χ3v) is 6.19. The van der Waals surface area contributed by atoms with Gasteiger partial charge in [-0.2, -0.15) is 0 Å². The van der Waals surface area contributed by atoms with Crippen molar-refractivity contribution in [3.05, 3.63) is 42.3 Å². The van der Waals surface area contributed by atoms with Crippen molar-refractivity contribution in [1.82, 2.24) is 9.88 Å². The van der Waals surface area contributed by atoms with Gasteiger partial charge in [0, 0.05) is 24.9 Å². The highest BCUT2D eigenvalue weighted by atomic mass is 32.2. The first-order valence-electron chi connectivity index (χ1n) is 10.2. The summed E-state index contributed by atoms with van der Waals surface area (Å²) in [6.07, 6.45) is 3.82. The van der Waals surface area contributed by atoms with Gasteiger partial charge in [0.15, 0.2) is 9.84 Å². The van der Waals surface area contributed by atoms with Crippen molar-refractivity contribution in [3.8, 4) is 17.0 Å². The van der Waals surface area contributed by atoms with Crippen molar-refractivity contribution in [2.24, 2.45) is 5.92 Å². The molecule has 0 bridgehead atoms. The van der Waals surface area contributed by atoms with Gasteiger partial charge < -0.3 is 14.4 Å². The van der Waals surface area contributed by atoms with Crippen LogP contribution in [-0.2, 0) is 14.6 Å². The Hall–Kier alpha value is -2.68. The molecular weight excluding hydrogens is 423 g/mol. The molecule has 1 aromatic heterocycles. The first-order chi connectivity index (χ1) is 14.6. The number of amides is 1. The van der Waals surface area contributed by atoms with E-state index in [9.17, 15) is 17.6 Å². The second-order valence-electron chi connectivity index (χ2n) is 7.97. The molecule has 1 aliphatic rings. The Morgan fingerprint density at radius 2 is 1.94 bits per heavy atom. The fraction of sp³-hybridized carbons (Fsp3) is 0.455. The summed E-state index contributed by atoms with van der Waals surface area (Å²) in [5.41, 5.74) is 0.612. The third-order valence-electron chi connectivity index (χ3n) is 5.08. The van der Waals surface area contributed by atoms with Gasteiger partial charge in [0.2, 0.25) is 0 Å². The summed E-state index contributed by atoms with van der Waals surface area (Å²) < 4.78 is 48.5. The number of benzene rings is 1. The highest BCUT2D eigenvalue weighted by molar-refractivity contribution is 7.90. The van der Waals surface area contributed by atoms with Crippen LogP contribution in [0.25, 0.3) is 11.3 Å². The topological polar surface area (TPSA) is 85.8 Å². The molecule has 3 rings (SSSR count). The predicted octanol–water partition coefficient (Wildman–Crippen LogP) is 3.93. The maximum Gasteiger partial charge on any atom is 0.410 e. The Morgan fingerprint density at radius 1 is 1.23 bits per heavy atom. The standard InChI is InChI=1S/C22H27FN2O5S/c1-15(2)30-22(26)25-10-8-16(9-11-25)14-29-17-4-7-21(24-13-17)19-6-5-18(12-20(19)23)31(3,27)28/h4-7,12-13,15-16H,8-11,14H2,1-3H3. The van der Waals surface area contributed by atoms with Crippen LogP contribution in [0.5, 0.6) is 5.75 Å². The lowest BCUT2D eigenvalue weighted by molar-refractivity contribution is 0.0608. The van der Waals surface area contributed by atoms with E-state index < -0.39 is 15.7 Å². The van der Waals surface area contributed by atoms with Crippen molar-refractivity contribution >= 4 is 15.9 Å². The number of piperidine rings is 1. The van der Waals surface area contributed by atoms with Gasteiger partial charge in [0.05, 0.1) is 29.5 Å². The summed E-state index contributed by atoms with van der Waals surface area (Å²) in [6, 6.07) is 7.12. The number of ether oxygens (including phenoxy) is 2. The van der Waals surface area contributed by atoms with E-state index in [-0.39, 0.29) is 22.7 Å². The van der Waals surface area contributed by atoms with Gasteiger partial charge in [-0.25, -0.2) is 17.6 Å². The zero-order valence-electron chi connectivity index (χ0n) is 17.9. The Labute approximate surface area is 182 Å². The summed E-state index contributed by atoms with van der Waals surface area (Å²) in [5, 5.41) is 0. The lowest BCUT2D eigenvalue weighted by atomic mass is 9.98. The summed E-state index contributed by atoms with van der Waals surface area (Å²) in [4.78, 5) is 17.8. The Bertz CT molecular complexity index is 1020. The molecule has 31 heavy (non-hydrogen) atoms. The average Bonchev–Trinajstić information content (AvgIpc) is 2.72. The Morgan fingerprint density at radius 3 is 2.48 bits per heavy atom. The largest absolute Gasteiger partial charge is 0.492 e. The fourth-order valence-corrected chi connectivity index (χ4v) is 3.96. The lowest BCUT2D eigenvalue weighted by Crippen LogP contribution is -2.40. The molecule has 1 saturated heterocycles. The molecule has 0 unspecified atom stereocenters. The molecule has 0 aliphatic carbocycles. The average molecular weight is 451 g/mol. The van der Waals surface area contributed by atoms with Crippen molar-refractivity contribution in [2.75, 3.05) is 26.0 Å². The molecule has 1 aromatic carbocycles. The van der Waals surface area contributed by atoms with Gasteiger partial charge in [-0.1, -0.05) is 0 Å². The molecule has 2 aromatic rings. The van der Waals surface area contributed by atoms with Crippen molar-refractivity contribution < 1.29 is 27.1 Å². The molecule has 9 heteroatoms. The van der Waals surface area contributed by atoms with E-state index in [4.69, 9.17) is 9.47 Å². The number of pyridine rings is 1. The maximum atomic E-state index is 14.3. The zero-order chi connectivity index (χ0) is 22.6. The third kappa shape index (κ3) is 6.16. The van der Waals surface area contributed by atoms with Gasteiger partial charge in [-0.05, 0) is 62.9 Å². The van der Waals surface area contributed by atoms with Gasteiger partial charge in [0.1, 0.15) is 11.6 Å². The molecule has 2 heterocycles. The van der Waals surface area contributed by atoms with Crippen LogP contribution in [0.3, 0.4) is 0 Å². The summed E-state index contributed by atoms with van der Waals surface area (Å²) in [7, 11) is -3.47. The van der Waals surface area contributed by atoms with Crippen LogP contribution in [0.2, 0.25) is 0 Å². The van der Waals surface area contributed by atoms with Crippen LogP contribution in [0, 0.1) is 11.7 Å².